The lowest BCUT2D eigenvalue weighted by Gasteiger charge is -2.29. The van der Waals surface area contributed by atoms with Crippen LogP contribution < -0.4 is 10.1 Å². The molecule has 0 radical (unpaired) electrons. The number of likely N-dealkylation sites (N-methyl/N-ethyl adjacent to an activating group) is 2. The van der Waals surface area contributed by atoms with Crippen molar-refractivity contribution >= 4 is 44.9 Å². The molecule has 0 saturated heterocycles. The largest absolute Gasteiger partial charge is 0.444 e. The molecule has 222 valence electrons. The maximum atomic E-state index is 13.3. The van der Waals surface area contributed by atoms with Gasteiger partial charge < -0.3 is 19.5 Å². The van der Waals surface area contributed by atoms with Crippen LogP contribution >= 0.6 is 0 Å². The van der Waals surface area contributed by atoms with Gasteiger partial charge in [-0.1, -0.05) is 100 Å². The smallest absolute Gasteiger partial charge is 0.330 e. The average molecular weight is 571 g/mol. The van der Waals surface area contributed by atoms with Crippen LogP contribution in [-0.2, 0) is 19.3 Å². The summed E-state index contributed by atoms with van der Waals surface area (Å²) in [6.45, 7) is 13.9. The van der Waals surface area contributed by atoms with Crippen LogP contribution in [0.15, 0.2) is 84.9 Å². The van der Waals surface area contributed by atoms with Crippen molar-refractivity contribution in [1.82, 2.24) is 9.80 Å². The van der Waals surface area contributed by atoms with Crippen LogP contribution in [0.1, 0.15) is 27.7 Å². The fourth-order valence-corrected chi connectivity index (χ4v) is 5.10. The molecule has 42 heavy (non-hydrogen) atoms. The van der Waals surface area contributed by atoms with E-state index in [1.165, 1.54) is 10.1 Å². The highest BCUT2D eigenvalue weighted by atomic mass is 16.8. The molecule has 4 rings (SSSR count). The van der Waals surface area contributed by atoms with Crippen LogP contribution in [0.4, 0.5) is 11.4 Å². The molecule has 0 aromatic heterocycles. The lowest BCUT2D eigenvalue weighted by atomic mass is 10.1. The van der Waals surface area contributed by atoms with E-state index in [2.05, 4.69) is 37.5 Å². The number of fused-ring (bicyclic) bond motifs is 2. The zero-order valence-corrected chi connectivity index (χ0v) is 25.2. The topological polar surface area (TPSA) is 65.6 Å². The standard InChI is InChI=1S/C34H42N4O4/c1-5-35(6-2)23-25-37(31-21-13-17-27-15-9-11-19-29(27)31)41-33(39)34(40)42-38(26-24-36(7-3)8-4)32-22-14-18-28-16-10-12-20-30(28)32/h9-22H,5-8,23-26H2,1-4H3. The molecule has 0 heterocycles. The first-order valence-electron chi connectivity index (χ1n) is 14.9. The van der Waals surface area contributed by atoms with Gasteiger partial charge in [-0.2, -0.15) is 0 Å². The summed E-state index contributed by atoms with van der Waals surface area (Å²) in [5.74, 6) is -2.15. The van der Waals surface area contributed by atoms with Gasteiger partial charge in [0.1, 0.15) is 0 Å². The molecule has 0 aliphatic rings. The van der Waals surface area contributed by atoms with E-state index in [1.54, 1.807) is 0 Å². The summed E-state index contributed by atoms with van der Waals surface area (Å²) in [4.78, 5) is 42.7. The third-order valence-corrected chi connectivity index (χ3v) is 7.65. The summed E-state index contributed by atoms with van der Waals surface area (Å²) in [5, 5.41) is 6.92. The maximum Gasteiger partial charge on any atom is 0.444 e. The number of carbonyl (C=O) groups excluding carboxylic acids is 2. The Bertz CT molecular complexity index is 1350. The van der Waals surface area contributed by atoms with Crippen LogP contribution in [0.5, 0.6) is 0 Å². The van der Waals surface area contributed by atoms with Crippen molar-refractivity contribution in [3.05, 3.63) is 84.9 Å². The number of carbonyl (C=O) groups is 2. The van der Waals surface area contributed by atoms with Crippen molar-refractivity contribution < 1.29 is 19.3 Å². The highest BCUT2D eigenvalue weighted by molar-refractivity contribution is 6.30. The van der Waals surface area contributed by atoms with E-state index in [9.17, 15) is 9.59 Å². The number of hydrogen-bond acceptors (Lipinski definition) is 8. The van der Waals surface area contributed by atoms with E-state index in [0.717, 1.165) is 47.7 Å². The quantitative estimate of drug-likeness (QED) is 0.137. The van der Waals surface area contributed by atoms with Gasteiger partial charge in [-0.25, -0.2) is 19.7 Å². The minimum absolute atomic E-state index is 0.393. The summed E-state index contributed by atoms with van der Waals surface area (Å²) >= 11 is 0. The maximum absolute atomic E-state index is 13.3. The van der Waals surface area contributed by atoms with Gasteiger partial charge >= 0.3 is 11.9 Å². The molecule has 0 unspecified atom stereocenters. The van der Waals surface area contributed by atoms with Gasteiger partial charge in [0.15, 0.2) is 0 Å². The molecule has 0 amide bonds. The van der Waals surface area contributed by atoms with Gasteiger partial charge in [-0.3, -0.25) is 0 Å². The van der Waals surface area contributed by atoms with Gasteiger partial charge in [0.05, 0.1) is 24.5 Å². The number of hydrogen-bond donors (Lipinski definition) is 0. The molecule has 0 fully saturated rings. The Morgan fingerprint density at radius 2 is 0.857 bits per heavy atom. The second kappa shape index (κ2) is 15.2. The van der Waals surface area contributed by atoms with Gasteiger partial charge in [-0.15, -0.1) is 0 Å². The molecule has 8 heteroatoms. The van der Waals surface area contributed by atoms with Crippen molar-refractivity contribution in [1.29, 1.82) is 0 Å². The Balaban J connectivity index is 1.59. The lowest BCUT2D eigenvalue weighted by molar-refractivity contribution is -0.169. The number of benzene rings is 4. The molecule has 8 nitrogen and oxygen atoms in total. The Kier molecular flexibility index (Phi) is 11.1. The second-order valence-electron chi connectivity index (χ2n) is 10.0. The zero-order valence-electron chi connectivity index (χ0n) is 25.2. The predicted octanol–water partition coefficient (Wildman–Crippen LogP) is 5.91. The zero-order chi connectivity index (χ0) is 29.9. The van der Waals surface area contributed by atoms with Gasteiger partial charge in [-0.05, 0) is 49.1 Å². The van der Waals surface area contributed by atoms with E-state index in [4.69, 9.17) is 9.68 Å². The molecule has 0 spiro atoms. The fourth-order valence-electron chi connectivity index (χ4n) is 5.10. The molecular weight excluding hydrogens is 528 g/mol. The van der Waals surface area contributed by atoms with Crippen LogP contribution in [0.25, 0.3) is 21.5 Å². The first-order valence-corrected chi connectivity index (χ1v) is 14.9. The normalized spacial score (nSPS) is 11.3. The number of rotatable bonds is 14. The van der Waals surface area contributed by atoms with Crippen molar-refractivity contribution in [3.63, 3.8) is 0 Å². The van der Waals surface area contributed by atoms with Crippen molar-refractivity contribution in [2.24, 2.45) is 0 Å². The van der Waals surface area contributed by atoms with E-state index >= 15 is 0 Å². The van der Waals surface area contributed by atoms with E-state index in [1.807, 2.05) is 84.9 Å². The predicted molar refractivity (Wildman–Crippen MR) is 170 cm³/mol. The molecular formula is C34H42N4O4. The third kappa shape index (κ3) is 7.57. The van der Waals surface area contributed by atoms with Gasteiger partial charge in [0, 0.05) is 23.9 Å². The monoisotopic (exact) mass is 570 g/mol. The van der Waals surface area contributed by atoms with E-state index in [-0.39, 0.29) is 0 Å². The minimum atomic E-state index is -1.07. The van der Waals surface area contributed by atoms with E-state index in [0.29, 0.717) is 37.6 Å². The van der Waals surface area contributed by atoms with Gasteiger partial charge in [0.2, 0.25) is 0 Å². The van der Waals surface area contributed by atoms with Gasteiger partial charge in [0.25, 0.3) is 0 Å². The van der Waals surface area contributed by atoms with Crippen LogP contribution in [0.2, 0.25) is 0 Å². The molecule has 0 N–H and O–H groups in total. The Morgan fingerprint density at radius 1 is 0.500 bits per heavy atom. The minimum Gasteiger partial charge on any atom is -0.330 e. The number of nitrogens with zero attached hydrogens (tertiary/aromatic N) is 4. The van der Waals surface area contributed by atoms with Crippen LogP contribution in [0.3, 0.4) is 0 Å². The summed E-state index contributed by atoms with van der Waals surface area (Å²) in [5.41, 5.74) is 1.43. The molecule has 0 saturated carbocycles. The third-order valence-electron chi connectivity index (χ3n) is 7.65. The molecule has 0 atom stereocenters. The summed E-state index contributed by atoms with van der Waals surface area (Å²) < 4.78 is 0. The van der Waals surface area contributed by atoms with Crippen molar-refractivity contribution in [3.8, 4) is 0 Å². The summed E-state index contributed by atoms with van der Waals surface area (Å²) in [6, 6.07) is 27.5. The first-order chi connectivity index (χ1) is 20.5. The lowest BCUT2D eigenvalue weighted by Crippen LogP contribution is -2.41. The van der Waals surface area contributed by atoms with E-state index < -0.39 is 11.9 Å². The van der Waals surface area contributed by atoms with Crippen LogP contribution in [0, 0.1) is 0 Å². The Labute approximate surface area is 248 Å². The molecule has 0 bridgehead atoms. The summed E-state index contributed by atoms with van der Waals surface area (Å²) in [6.07, 6.45) is 0. The fraction of sp³-hybridized carbons (Fsp3) is 0.353. The number of hydroxylamine groups is 2. The summed E-state index contributed by atoms with van der Waals surface area (Å²) in [7, 11) is 0. The molecule has 0 aliphatic carbocycles. The van der Waals surface area contributed by atoms with Crippen molar-refractivity contribution in [2.45, 2.75) is 27.7 Å². The average Bonchev–Trinajstić information content (AvgIpc) is 3.03. The first kappa shape index (κ1) is 30.8. The highest BCUT2D eigenvalue weighted by Gasteiger charge is 2.27. The second-order valence-corrected chi connectivity index (χ2v) is 10.0. The molecule has 4 aromatic rings. The molecule has 4 aromatic carbocycles. The number of anilines is 2. The molecule has 0 aliphatic heterocycles. The Morgan fingerprint density at radius 3 is 1.24 bits per heavy atom. The van der Waals surface area contributed by atoms with Crippen molar-refractivity contribution in [2.75, 3.05) is 62.5 Å². The van der Waals surface area contributed by atoms with Crippen LogP contribution in [-0.4, -0.2) is 74.1 Å². The Hall–Kier alpha value is -4.14. The highest BCUT2D eigenvalue weighted by Crippen LogP contribution is 2.29. The SMILES string of the molecule is CCN(CC)CCN(OC(=O)C(=O)ON(CCN(CC)CC)c1cccc2ccccc12)c1cccc2ccccc12.